The number of aromatic nitrogens is 1. The van der Waals surface area contributed by atoms with E-state index in [1.165, 1.54) is 23.5 Å². The zero-order valence-electron chi connectivity index (χ0n) is 13.9. The number of para-hydroxylation sites is 1. The molecule has 2 heterocycles. The van der Waals surface area contributed by atoms with Crippen molar-refractivity contribution in [3.05, 3.63) is 70.0 Å². The molecule has 5 nitrogen and oxygen atoms in total. The SMILES string of the molecule is Cc1nc(NC(=O)c2cccc3c2OCO3)sc1Cc1ccc(F)cc1. The average Bonchev–Trinajstić information content (AvgIpc) is 3.23. The number of fused-ring (bicyclic) bond motifs is 1. The van der Waals surface area contributed by atoms with E-state index in [2.05, 4.69) is 10.3 Å². The quantitative estimate of drug-likeness (QED) is 0.749. The van der Waals surface area contributed by atoms with Gasteiger partial charge < -0.3 is 9.47 Å². The molecule has 0 radical (unpaired) electrons. The first-order chi connectivity index (χ1) is 12.6. The summed E-state index contributed by atoms with van der Waals surface area (Å²) in [4.78, 5) is 18.0. The lowest BCUT2D eigenvalue weighted by atomic mass is 10.1. The van der Waals surface area contributed by atoms with Gasteiger partial charge in [-0.15, -0.1) is 11.3 Å². The Morgan fingerprint density at radius 1 is 1.23 bits per heavy atom. The molecule has 1 aliphatic heterocycles. The summed E-state index contributed by atoms with van der Waals surface area (Å²) >= 11 is 1.41. The molecule has 0 bridgehead atoms. The molecule has 0 atom stereocenters. The van der Waals surface area contributed by atoms with Gasteiger partial charge in [-0.05, 0) is 36.8 Å². The predicted octanol–water partition coefficient (Wildman–Crippen LogP) is 4.16. The van der Waals surface area contributed by atoms with Gasteiger partial charge in [0.2, 0.25) is 6.79 Å². The van der Waals surface area contributed by atoms with Crippen molar-refractivity contribution < 1.29 is 18.7 Å². The molecule has 4 rings (SSSR count). The topological polar surface area (TPSA) is 60.5 Å². The van der Waals surface area contributed by atoms with Crippen LogP contribution in [0.4, 0.5) is 9.52 Å². The van der Waals surface area contributed by atoms with Crippen molar-refractivity contribution in [1.82, 2.24) is 4.98 Å². The summed E-state index contributed by atoms with van der Waals surface area (Å²) in [6.07, 6.45) is 0.636. The summed E-state index contributed by atoms with van der Waals surface area (Å²) in [5.41, 5.74) is 2.24. The van der Waals surface area contributed by atoms with Gasteiger partial charge in [0.15, 0.2) is 16.6 Å². The molecule has 0 spiro atoms. The number of rotatable bonds is 4. The summed E-state index contributed by atoms with van der Waals surface area (Å²) in [7, 11) is 0. The third kappa shape index (κ3) is 3.25. The Labute approximate surface area is 153 Å². The van der Waals surface area contributed by atoms with E-state index in [-0.39, 0.29) is 18.5 Å². The van der Waals surface area contributed by atoms with Gasteiger partial charge in [0, 0.05) is 11.3 Å². The molecule has 0 saturated heterocycles. The molecule has 0 unspecified atom stereocenters. The summed E-state index contributed by atoms with van der Waals surface area (Å²) in [5.74, 6) is 0.452. The fourth-order valence-corrected chi connectivity index (χ4v) is 3.70. The van der Waals surface area contributed by atoms with Gasteiger partial charge in [-0.2, -0.15) is 0 Å². The first-order valence-corrected chi connectivity index (χ1v) is 8.82. The molecule has 2 aromatic carbocycles. The van der Waals surface area contributed by atoms with Crippen molar-refractivity contribution in [3.63, 3.8) is 0 Å². The highest BCUT2D eigenvalue weighted by atomic mass is 32.1. The number of carbonyl (C=O) groups is 1. The van der Waals surface area contributed by atoms with Crippen LogP contribution < -0.4 is 14.8 Å². The summed E-state index contributed by atoms with van der Waals surface area (Å²) in [6.45, 7) is 2.00. The Bertz CT molecular complexity index is 969. The van der Waals surface area contributed by atoms with Crippen LogP contribution >= 0.6 is 11.3 Å². The zero-order chi connectivity index (χ0) is 18.1. The lowest BCUT2D eigenvalue weighted by Gasteiger charge is -2.05. The van der Waals surface area contributed by atoms with Gasteiger partial charge in [-0.25, -0.2) is 9.37 Å². The second kappa shape index (κ2) is 6.76. The Hall–Kier alpha value is -2.93. The standard InChI is InChI=1S/C19H15FN2O3S/c1-11-16(9-12-5-7-13(20)8-6-12)26-19(21-11)22-18(23)14-3-2-4-15-17(14)25-10-24-15/h2-8H,9-10H2,1H3,(H,21,22,23). The number of hydrogen-bond acceptors (Lipinski definition) is 5. The Kier molecular flexibility index (Phi) is 4.30. The molecule has 1 N–H and O–H groups in total. The van der Waals surface area contributed by atoms with Crippen LogP contribution in [-0.4, -0.2) is 17.7 Å². The Morgan fingerprint density at radius 3 is 2.85 bits per heavy atom. The van der Waals surface area contributed by atoms with Gasteiger partial charge in [0.1, 0.15) is 5.82 Å². The molecule has 0 saturated carbocycles. The molecule has 0 fully saturated rings. The molecule has 0 aliphatic carbocycles. The van der Waals surface area contributed by atoms with Crippen molar-refractivity contribution in [3.8, 4) is 11.5 Å². The normalized spacial score (nSPS) is 12.2. The minimum Gasteiger partial charge on any atom is -0.454 e. The molecule has 26 heavy (non-hydrogen) atoms. The maximum absolute atomic E-state index is 13.0. The monoisotopic (exact) mass is 370 g/mol. The number of carbonyl (C=O) groups excluding carboxylic acids is 1. The van der Waals surface area contributed by atoms with Crippen LogP contribution in [-0.2, 0) is 6.42 Å². The Morgan fingerprint density at radius 2 is 2.04 bits per heavy atom. The second-order valence-electron chi connectivity index (χ2n) is 5.82. The van der Waals surface area contributed by atoms with Crippen LogP contribution in [0.2, 0.25) is 0 Å². The van der Waals surface area contributed by atoms with E-state index in [9.17, 15) is 9.18 Å². The Balaban J connectivity index is 1.52. The lowest BCUT2D eigenvalue weighted by molar-refractivity contribution is 0.102. The van der Waals surface area contributed by atoms with Crippen molar-refractivity contribution in [2.45, 2.75) is 13.3 Å². The minimum atomic E-state index is -0.297. The fraction of sp³-hybridized carbons (Fsp3) is 0.158. The number of ether oxygens (including phenoxy) is 2. The summed E-state index contributed by atoms with van der Waals surface area (Å²) in [6, 6.07) is 11.6. The van der Waals surface area contributed by atoms with Crippen LogP contribution in [0.5, 0.6) is 11.5 Å². The number of aryl methyl sites for hydroxylation is 1. The molecule has 132 valence electrons. The van der Waals surface area contributed by atoms with Gasteiger partial charge in [-0.1, -0.05) is 18.2 Å². The van der Waals surface area contributed by atoms with Crippen molar-refractivity contribution in [1.29, 1.82) is 0 Å². The van der Waals surface area contributed by atoms with Crippen LogP contribution in [0.25, 0.3) is 0 Å². The highest BCUT2D eigenvalue weighted by Crippen LogP contribution is 2.36. The van der Waals surface area contributed by atoms with E-state index in [0.717, 1.165) is 16.1 Å². The number of hydrogen-bond donors (Lipinski definition) is 1. The summed E-state index contributed by atoms with van der Waals surface area (Å²) < 4.78 is 23.7. The van der Waals surface area contributed by atoms with Crippen LogP contribution in [0.15, 0.2) is 42.5 Å². The van der Waals surface area contributed by atoms with E-state index >= 15 is 0 Å². The number of anilines is 1. The number of nitrogens with zero attached hydrogens (tertiary/aromatic N) is 1. The maximum atomic E-state index is 13.0. The van der Waals surface area contributed by atoms with E-state index in [4.69, 9.17) is 9.47 Å². The minimum absolute atomic E-state index is 0.109. The number of thiazole rings is 1. The lowest BCUT2D eigenvalue weighted by Crippen LogP contribution is -2.12. The zero-order valence-corrected chi connectivity index (χ0v) is 14.7. The first kappa shape index (κ1) is 16.5. The summed E-state index contributed by atoms with van der Waals surface area (Å²) in [5, 5.41) is 3.33. The van der Waals surface area contributed by atoms with Gasteiger partial charge in [0.25, 0.3) is 5.91 Å². The molecule has 3 aromatic rings. The molecule has 1 amide bonds. The maximum Gasteiger partial charge on any atom is 0.261 e. The predicted molar refractivity (Wildman–Crippen MR) is 96.6 cm³/mol. The van der Waals surface area contributed by atoms with E-state index < -0.39 is 0 Å². The molecular formula is C19H15FN2O3S. The van der Waals surface area contributed by atoms with Crippen molar-refractivity contribution in [2.75, 3.05) is 12.1 Å². The highest BCUT2D eigenvalue weighted by molar-refractivity contribution is 7.15. The van der Waals surface area contributed by atoms with E-state index in [1.54, 1.807) is 30.3 Å². The molecule has 7 heteroatoms. The second-order valence-corrected chi connectivity index (χ2v) is 6.91. The first-order valence-electron chi connectivity index (χ1n) is 8.01. The molecule has 1 aliphatic rings. The van der Waals surface area contributed by atoms with Crippen LogP contribution in [0.1, 0.15) is 26.5 Å². The van der Waals surface area contributed by atoms with Crippen LogP contribution in [0, 0.1) is 12.7 Å². The van der Waals surface area contributed by atoms with Gasteiger partial charge in [0.05, 0.1) is 11.3 Å². The third-order valence-electron chi connectivity index (χ3n) is 4.03. The largest absolute Gasteiger partial charge is 0.454 e. The number of amides is 1. The fourth-order valence-electron chi connectivity index (χ4n) is 2.71. The van der Waals surface area contributed by atoms with Crippen molar-refractivity contribution >= 4 is 22.4 Å². The highest BCUT2D eigenvalue weighted by Gasteiger charge is 2.22. The van der Waals surface area contributed by atoms with E-state index in [1.807, 2.05) is 6.92 Å². The third-order valence-corrected chi connectivity index (χ3v) is 5.11. The van der Waals surface area contributed by atoms with Crippen molar-refractivity contribution in [2.24, 2.45) is 0 Å². The molecule has 1 aromatic heterocycles. The smallest absolute Gasteiger partial charge is 0.261 e. The van der Waals surface area contributed by atoms with Gasteiger partial charge in [-0.3, -0.25) is 10.1 Å². The van der Waals surface area contributed by atoms with Crippen LogP contribution in [0.3, 0.4) is 0 Å². The number of benzene rings is 2. The number of nitrogens with one attached hydrogen (secondary N) is 1. The molecular weight excluding hydrogens is 355 g/mol. The average molecular weight is 370 g/mol. The number of halogens is 1. The van der Waals surface area contributed by atoms with E-state index in [0.29, 0.717) is 28.6 Å². The van der Waals surface area contributed by atoms with Gasteiger partial charge >= 0.3 is 0 Å².